The first-order valence-electron chi connectivity index (χ1n) is 3.00. The van der Waals surface area contributed by atoms with Crippen molar-refractivity contribution in [1.82, 2.24) is 0 Å². The van der Waals surface area contributed by atoms with Gasteiger partial charge in [0.15, 0.2) is 5.54 Å². The molecule has 13 heavy (non-hydrogen) atoms. The topological polar surface area (TPSA) is 63.3 Å². The third-order valence-corrected chi connectivity index (χ3v) is 1.92. The molecule has 0 rings (SSSR count). The zero-order valence-corrected chi connectivity index (χ0v) is 7.07. The van der Waals surface area contributed by atoms with Gasteiger partial charge in [0, 0.05) is 5.75 Å². The van der Waals surface area contributed by atoms with Crippen LogP contribution in [0.5, 0.6) is 0 Å². The molecule has 0 aliphatic heterocycles. The molecule has 78 valence electrons. The summed E-state index contributed by atoms with van der Waals surface area (Å²) in [5.41, 5.74) is 1.67. The summed E-state index contributed by atoms with van der Waals surface area (Å²) >= 11 is 3.27. The van der Waals surface area contributed by atoms with Crippen molar-refractivity contribution in [3.8, 4) is 0 Å². The van der Waals surface area contributed by atoms with E-state index in [1.54, 1.807) is 0 Å². The Morgan fingerprint density at radius 2 is 1.92 bits per heavy atom. The van der Waals surface area contributed by atoms with E-state index in [-0.39, 0.29) is 0 Å². The van der Waals surface area contributed by atoms with E-state index in [0.29, 0.717) is 0 Å². The summed E-state index contributed by atoms with van der Waals surface area (Å²) in [4.78, 5) is 10.2. The highest BCUT2D eigenvalue weighted by Crippen LogP contribution is 2.30. The van der Waals surface area contributed by atoms with E-state index in [0.717, 1.165) is 0 Å². The number of halogens is 4. The van der Waals surface area contributed by atoms with Gasteiger partial charge in [-0.25, -0.2) is 4.39 Å². The first-order valence-corrected chi connectivity index (χ1v) is 3.63. The predicted octanol–water partition coefficient (Wildman–Crippen LogP) is 0.599. The molecule has 0 saturated heterocycles. The molecule has 8 heteroatoms. The molecule has 3 nitrogen and oxygen atoms in total. The fourth-order valence-corrected chi connectivity index (χ4v) is 0.844. The summed E-state index contributed by atoms with van der Waals surface area (Å²) < 4.78 is 47.7. The van der Waals surface area contributed by atoms with Crippen molar-refractivity contribution < 1.29 is 27.5 Å². The Morgan fingerprint density at radius 3 is 2.00 bits per heavy atom. The normalized spacial score (nSPS) is 19.2. The van der Waals surface area contributed by atoms with E-state index in [9.17, 15) is 22.4 Å². The SMILES string of the molecule is N[C@@](CS)(C(=O)O)C(F)C(F)(F)F. The molecule has 0 amide bonds. The van der Waals surface area contributed by atoms with Crippen LogP contribution in [0.3, 0.4) is 0 Å². The zero-order valence-electron chi connectivity index (χ0n) is 6.18. The van der Waals surface area contributed by atoms with Crippen LogP contribution in [0.25, 0.3) is 0 Å². The first-order chi connectivity index (χ1) is 5.66. The molecule has 0 fully saturated rings. The molecule has 3 N–H and O–H groups in total. The van der Waals surface area contributed by atoms with Crippen LogP contribution in [-0.2, 0) is 4.79 Å². The van der Waals surface area contributed by atoms with Crippen LogP contribution in [0.1, 0.15) is 0 Å². The molecule has 0 aromatic heterocycles. The van der Waals surface area contributed by atoms with Gasteiger partial charge in [-0.1, -0.05) is 0 Å². The second-order valence-electron chi connectivity index (χ2n) is 2.41. The number of carboxylic acid groups (broad SMARTS) is 1. The Bertz CT molecular complexity index is 209. The summed E-state index contributed by atoms with van der Waals surface area (Å²) in [5.74, 6) is -3.02. The molecule has 1 unspecified atom stereocenters. The highest BCUT2D eigenvalue weighted by Gasteiger charge is 2.56. The third-order valence-electron chi connectivity index (χ3n) is 1.40. The average molecular weight is 221 g/mol. The summed E-state index contributed by atoms with van der Waals surface area (Å²) in [7, 11) is 0. The first kappa shape index (κ1) is 12.5. The Hall–Kier alpha value is -0.500. The van der Waals surface area contributed by atoms with Gasteiger partial charge >= 0.3 is 12.1 Å². The lowest BCUT2D eigenvalue weighted by Crippen LogP contribution is -2.62. The van der Waals surface area contributed by atoms with Crippen molar-refractivity contribution in [3.63, 3.8) is 0 Å². The third kappa shape index (κ3) is 2.47. The van der Waals surface area contributed by atoms with Crippen molar-refractivity contribution in [2.24, 2.45) is 5.73 Å². The number of carbonyl (C=O) groups is 1. The van der Waals surface area contributed by atoms with Crippen molar-refractivity contribution in [2.45, 2.75) is 17.9 Å². The zero-order chi connectivity index (χ0) is 10.9. The molecule has 0 heterocycles. The van der Waals surface area contributed by atoms with Gasteiger partial charge in [-0.3, -0.25) is 4.79 Å². The minimum Gasteiger partial charge on any atom is -0.480 e. The van der Waals surface area contributed by atoms with Crippen molar-refractivity contribution in [1.29, 1.82) is 0 Å². The molecule has 0 saturated carbocycles. The summed E-state index contributed by atoms with van der Waals surface area (Å²) in [5, 5.41) is 8.25. The number of hydrogen-bond donors (Lipinski definition) is 3. The van der Waals surface area contributed by atoms with Crippen LogP contribution in [0.15, 0.2) is 0 Å². The smallest absolute Gasteiger partial charge is 0.422 e. The number of alkyl halides is 4. The van der Waals surface area contributed by atoms with Gasteiger partial charge in [-0.05, 0) is 0 Å². The van der Waals surface area contributed by atoms with E-state index in [1.165, 1.54) is 0 Å². The average Bonchev–Trinajstić information content (AvgIpc) is 1.99. The minimum atomic E-state index is -5.30. The molecule has 0 radical (unpaired) electrons. The number of carboxylic acids is 1. The van der Waals surface area contributed by atoms with Gasteiger partial charge in [-0.15, -0.1) is 0 Å². The number of aliphatic carboxylic acids is 1. The van der Waals surface area contributed by atoms with E-state index in [1.807, 2.05) is 0 Å². The molecule has 0 aromatic carbocycles. The Balaban J connectivity index is 4.88. The standard InChI is InChI=1S/C5H7F4NO2S/c6-2(5(7,8)9)4(10,1-13)3(11)12/h2,13H,1,10H2,(H,11,12)/t2?,4-/m1/s1. The summed E-state index contributed by atoms with van der Waals surface area (Å²) in [6, 6.07) is 0. The summed E-state index contributed by atoms with van der Waals surface area (Å²) in [6.07, 6.45) is -8.93. The van der Waals surface area contributed by atoms with Gasteiger partial charge in [0.2, 0.25) is 6.17 Å². The molecule has 2 atom stereocenters. The lowest BCUT2D eigenvalue weighted by atomic mass is 9.97. The van der Waals surface area contributed by atoms with Crippen LogP contribution >= 0.6 is 12.6 Å². The lowest BCUT2D eigenvalue weighted by Gasteiger charge is -2.27. The van der Waals surface area contributed by atoms with Gasteiger partial charge in [0.1, 0.15) is 0 Å². The van der Waals surface area contributed by atoms with Crippen LogP contribution in [0.2, 0.25) is 0 Å². The number of hydrogen-bond acceptors (Lipinski definition) is 3. The van der Waals surface area contributed by atoms with Crippen molar-refractivity contribution >= 4 is 18.6 Å². The second-order valence-corrected chi connectivity index (χ2v) is 2.72. The van der Waals surface area contributed by atoms with Crippen LogP contribution in [0.4, 0.5) is 17.6 Å². The Kier molecular flexibility index (Phi) is 3.56. The molecule has 0 aliphatic carbocycles. The number of rotatable bonds is 3. The van der Waals surface area contributed by atoms with Crippen LogP contribution in [0, 0.1) is 0 Å². The van der Waals surface area contributed by atoms with E-state index in [2.05, 4.69) is 12.6 Å². The number of nitrogens with two attached hydrogens (primary N) is 1. The highest BCUT2D eigenvalue weighted by atomic mass is 32.1. The molecular weight excluding hydrogens is 214 g/mol. The van der Waals surface area contributed by atoms with Gasteiger partial charge < -0.3 is 10.8 Å². The fourth-order valence-electron chi connectivity index (χ4n) is 0.548. The highest BCUT2D eigenvalue weighted by molar-refractivity contribution is 7.80. The maximum absolute atomic E-state index is 12.5. The van der Waals surface area contributed by atoms with E-state index >= 15 is 0 Å². The van der Waals surface area contributed by atoms with E-state index in [4.69, 9.17) is 10.8 Å². The Morgan fingerprint density at radius 1 is 1.54 bits per heavy atom. The maximum atomic E-state index is 12.5. The van der Waals surface area contributed by atoms with E-state index < -0.39 is 29.6 Å². The summed E-state index contributed by atoms with van der Waals surface area (Å²) in [6.45, 7) is 0. The van der Waals surface area contributed by atoms with Gasteiger partial charge in [0.05, 0.1) is 0 Å². The largest absolute Gasteiger partial charge is 0.480 e. The van der Waals surface area contributed by atoms with Crippen LogP contribution in [-0.4, -0.2) is 34.7 Å². The number of thiol groups is 1. The fraction of sp³-hybridized carbons (Fsp3) is 0.800. The lowest BCUT2D eigenvalue weighted by molar-refractivity contribution is -0.202. The Labute approximate surface area is 76.3 Å². The predicted molar refractivity (Wildman–Crippen MR) is 39.4 cm³/mol. The second kappa shape index (κ2) is 3.70. The van der Waals surface area contributed by atoms with Crippen LogP contribution < -0.4 is 5.73 Å². The molecule has 0 aliphatic rings. The van der Waals surface area contributed by atoms with Gasteiger partial charge in [0.25, 0.3) is 0 Å². The van der Waals surface area contributed by atoms with Crippen molar-refractivity contribution in [3.05, 3.63) is 0 Å². The molecule has 0 aromatic rings. The maximum Gasteiger partial charge on any atom is 0.422 e. The molecular formula is C5H7F4NO2S. The van der Waals surface area contributed by atoms with Gasteiger partial charge in [-0.2, -0.15) is 25.8 Å². The monoisotopic (exact) mass is 221 g/mol. The van der Waals surface area contributed by atoms with Crippen molar-refractivity contribution in [2.75, 3.05) is 5.75 Å². The minimum absolute atomic E-state index is 0.941. The molecule has 0 bridgehead atoms. The quantitative estimate of drug-likeness (QED) is 0.483. The molecule has 0 spiro atoms.